The third-order valence-corrected chi connectivity index (χ3v) is 5.29. The Kier molecular flexibility index (Phi) is 8.16. The Morgan fingerprint density at radius 1 is 0.812 bits per heavy atom. The van der Waals surface area contributed by atoms with E-state index in [1.165, 1.54) is 11.9 Å². The molecule has 0 atom stereocenters. The first-order valence-corrected chi connectivity index (χ1v) is 11.4. The summed E-state index contributed by atoms with van der Waals surface area (Å²) in [4.78, 5) is 10.7. The highest BCUT2D eigenvalue weighted by atomic mass is 32.2. The van der Waals surface area contributed by atoms with Gasteiger partial charge in [-0.05, 0) is 66.9 Å². The third-order valence-electron chi connectivity index (χ3n) is 4.51. The van der Waals surface area contributed by atoms with Gasteiger partial charge in [-0.2, -0.15) is 0 Å². The van der Waals surface area contributed by atoms with Gasteiger partial charge in [0, 0.05) is 29.4 Å². The van der Waals surface area contributed by atoms with E-state index in [4.69, 9.17) is 14.7 Å². The van der Waals surface area contributed by atoms with Gasteiger partial charge in [-0.25, -0.2) is 9.97 Å². The summed E-state index contributed by atoms with van der Waals surface area (Å²) in [5, 5.41) is 6.55. The standard InChI is InChI=1S/C23H23N5OS.C2H6/c1-15-11-17(13-18(12-15)29-3)25-22-23(27-21-10-5-4-9-20(21)26-22)28-30-19-8-6-7-16(14-19)24-2;1-2/h4-14,24H,1-3H3,(H,25,26)(H,27,28);1-2H3. The summed E-state index contributed by atoms with van der Waals surface area (Å²) >= 11 is 1.49. The van der Waals surface area contributed by atoms with Crippen molar-refractivity contribution in [3.63, 3.8) is 0 Å². The molecule has 3 N–H and O–H groups in total. The topological polar surface area (TPSA) is 71.1 Å². The van der Waals surface area contributed by atoms with Crippen LogP contribution in [-0.4, -0.2) is 24.1 Å². The Morgan fingerprint density at radius 3 is 2.22 bits per heavy atom. The fraction of sp³-hybridized carbons (Fsp3) is 0.200. The highest BCUT2D eigenvalue weighted by Crippen LogP contribution is 2.31. The van der Waals surface area contributed by atoms with Crippen LogP contribution in [-0.2, 0) is 0 Å². The van der Waals surface area contributed by atoms with Gasteiger partial charge >= 0.3 is 0 Å². The Labute approximate surface area is 194 Å². The van der Waals surface area contributed by atoms with Gasteiger partial charge < -0.3 is 20.1 Å². The normalized spacial score (nSPS) is 10.2. The minimum atomic E-state index is 0.652. The molecule has 0 spiro atoms. The minimum Gasteiger partial charge on any atom is -0.497 e. The summed E-state index contributed by atoms with van der Waals surface area (Å²) in [6.45, 7) is 6.03. The van der Waals surface area contributed by atoms with Crippen LogP contribution in [0, 0.1) is 6.92 Å². The number of benzene rings is 3. The summed E-state index contributed by atoms with van der Waals surface area (Å²) in [7, 11) is 3.57. The summed E-state index contributed by atoms with van der Waals surface area (Å²) in [6, 6.07) is 22.0. The molecule has 0 aliphatic heterocycles. The Balaban J connectivity index is 0.00000141. The maximum absolute atomic E-state index is 5.40. The molecule has 0 bridgehead atoms. The van der Waals surface area contributed by atoms with E-state index in [0.29, 0.717) is 11.6 Å². The molecule has 1 aromatic heterocycles. The monoisotopic (exact) mass is 447 g/mol. The Bertz CT molecular complexity index is 1180. The van der Waals surface area contributed by atoms with Gasteiger partial charge in [-0.3, -0.25) is 0 Å². The molecule has 4 rings (SSSR count). The molecule has 4 aromatic rings. The Morgan fingerprint density at radius 2 is 1.53 bits per heavy atom. The molecular formula is C25H29N5OS. The number of rotatable bonds is 7. The van der Waals surface area contributed by atoms with Gasteiger partial charge in [0.1, 0.15) is 5.75 Å². The van der Waals surface area contributed by atoms with Crippen LogP contribution in [0.5, 0.6) is 5.75 Å². The largest absolute Gasteiger partial charge is 0.497 e. The molecule has 1 heterocycles. The van der Waals surface area contributed by atoms with E-state index in [0.717, 1.165) is 38.6 Å². The molecule has 0 saturated heterocycles. The Hall–Kier alpha value is -3.45. The first-order valence-electron chi connectivity index (χ1n) is 10.5. The number of nitrogens with one attached hydrogen (secondary N) is 3. The van der Waals surface area contributed by atoms with E-state index >= 15 is 0 Å². The van der Waals surface area contributed by atoms with Crippen LogP contribution in [0.3, 0.4) is 0 Å². The molecule has 0 radical (unpaired) electrons. The summed E-state index contributed by atoms with van der Waals surface area (Å²) in [5.41, 5.74) is 4.70. The lowest BCUT2D eigenvalue weighted by molar-refractivity contribution is 0.414. The van der Waals surface area contributed by atoms with Crippen molar-refractivity contribution in [3.05, 3.63) is 72.3 Å². The van der Waals surface area contributed by atoms with Crippen LogP contribution in [0.1, 0.15) is 19.4 Å². The number of methoxy groups -OCH3 is 1. The molecule has 3 aromatic carbocycles. The molecule has 0 aliphatic rings. The lowest BCUT2D eigenvalue weighted by Gasteiger charge is -2.14. The number of para-hydroxylation sites is 2. The first kappa shape index (κ1) is 23.2. The van der Waals surface area contributed by atoms with Crippen LogP contribution in [0.25, 0.3) is 11.0 Å². The number of ether oxygens (including phenoxy) is 1. The lowest BCUT2D eigenvalue weighted by atomic mass is 10.2. The van der Waals surface area contributed by atoms with E-state index in [1.807, 2.05) is 88.5 Å². The van der Waals surface area contributed by atoms with Gasteiger partial charge in [0.2, 0.25) is 0 Å². The second-order valence-electron chi connectivity index (χ2n) is 6.76. The highest BCUT2D eigenvalue weighted by Gasteiger charge is 2.11. The maximum Gasteiger partial charge on any atom is 0.180 e. The van der Waals surface area contributed by atoms with Gasteiger partial charge in [-0.1, -0.05) is 32.0 Å². The van der Waals surface area contributed by atoms with Crippen molar-refractivity contribution in [3.8, 4) is 5.75 Å². The number of hydrogen-bond acceptors (Lipinski definition) is 7. The van der Waals surface area contributed by atoms with Gasteiger partial charge in [-0.15, -0.1) is 0 Å². The molecular weight excluding hydrogens is 418 g/mol. The second-order valence-corrected chi connectivity index (χ2v) is 7.64. The number of hydrogen-bond donors (Lipinski definition) is 3. The van der Waals surface area contributed by atoms with Crippen molar-refractivity contribution < 1.29 is 4.74 Å². The quantitative estimate of drug-likeness (QED) is 0.267. The van der Waals surface area contributed by atoms with Crippen molar-refractivity contribution in [1.82, 2.24) is 9.97 Å². The van der Waals surface area contributed by atoms with Crippen LogP contribution >= 0.6 is 11.9 Å². The molecule has 0 saturated carbocycles. The predicted octanol–water partition coefficient (Wildman–Crippen LogP) is 6.88. The smallest absolute Gasteiger partial charge is 0.180 e. The number of aromatic nitrogens is 2. The maximum atomic E-state index is 5.40. The summed E-state index contributed by atoms with van der Waals surface area (Å²) in [6.07, 6.45) is 0. The zero-order valence-corrected chi connectivity index (χ0v) is 19.9. The minimum absolute atomic E-state index is 0.652. The second kappa shape index (κ2) is 11.2. The zero-order valence-electron chi connectivity index (χ0n) is 19.1. The van der Waals surface area contributed by atoms with Crippen molar-refractivity contribution in [2.45, 2.75) is 25.7 Å². The summed E-state index contributed by atoms with van der Waals surface area (Å²) in [5.74, 6) is 2.10. The number of nitrogens with zero attached hydrogens (tertiary/aromatic N) is 2. The fourth-order valence-corrected chi connectivity index (χ4v) is 3.74. The van der Waals surface area contributed by atoms with Crippen molar-refractivity contribution >= 4 is 46.0 Å². The predicted molar refractivity (Wildman–Crippen MR) is 137 cm³/mol. The van der Waals surface area contributed by atoms with E-state index in [2.05, 4.69) is 21.4 Å². The number of aryl methyl sites for hydroxylation is 1. The molecule has 0 fully saturated rings. The number of fused-ring (bicyclic) bond motifs is 1. The average Bonchev–Trinajstić information content (AvgIpc) is 2.83. The highest BCUT2D eigenvalue weighted by molar-refractivity contribution is 8.00. The number of anilines is 4. The molecule has 0 aliphatic carbocycles. The van der Waals surface area contributed by atoms with Crippen LogP contribution in [0.15, 0.2) is 71.6 Å². The lowest BCUT2D eigenvalue weighted by Crippen LogP contribution is -2.02. The van der Waals surface area contributed by atoms with Gasteiger partial charge in [0.25, 0.3) is 0 Å². The molecule has 0 unspecified atom stereocenters. The van der Waals surface area contributed by atoms with E-state index in [1.54, 1.807) is 7.11 Å². The molecule has 0 amide bonds. The van der Waals surface area contributed by atoms with Crippen molar-refractivity contribution in [2.75, 3.05) is 29.5 Å². The van der Waals surface area contributed by atoms with E-state index in [9.17, 15) is 0 Å². The van der Waals surface area contributed by atoms with E-state index < -0.39 is 0 Å². The van der Waals surface area contributed by atoms with Crippen LogP contribution in [0.2, 0.25) is 0 Å². The molecule has 7 heteroatoms. The zero-order chi connectivity index (χ0) is 22.9. The third kappa shape index (κ3) is 5.82. The van der Waals surface area contributed by atoms with Crippen LogP contribution in [0.4, 0.5) is 23.0 Å². The fourth-order valence-electron chi connectivity index (χ4n) is 3.06. The van der Waals surface area contributed by atoms with Crippen LogP contribution < -0.4 is 20.1 Å². The molecule has 32 heavy (non-hydrogen) atoms. The van der Waals surface area contributed by atoms with Crippen molar-refractivity contribution in [2.24, 2.45) is 0 Å². The van der Waals surface area contributed by atoms with Gasteiger partial charge in [0.05, 0.1) is 18.1 Å². The van der Waals surface area contributed by atoms with Crippen molar-refractivity contribution in [1.29, 1.82) is 0 Å². The summed E-state index contributed by atoms with van der Waals surface area (Å²) < 4.78 is 8.76. The van der Waals surface area contributed by atoms with Gasteiger partial charge in [0.15, 0.2) is 11.6 Å². The average molecular weight is 448 g/mol. The SMILES string of the molecule is CC.CNc1cccc(SNc2nc3ccccc3nc2Nc2cc(C)cc(OC)c2)c1. The van der Waals surface area contributed by atoms with E-state index in [-0.39, 0.29) is 0 Å². The first-order chi connectivity index (χ1) is 15.6. The molecule has 6 nitrogen and oxygen atoms in total. The molecule has 166 valence electrons.